The molecule has 2 heteroatoms. The summed E-state index contributed by atoms with van der Waals surface area (Å²) in [5.74, 6) is 0. The van der Waals surface area contributed by atoms with Crippen LogP contribution in [0.15, 0.2) is 36.9 Å². The van der Waals surface area contributed by atoms with Gasteiger partial charge in [-0.25, -0.2) is 0 Å². The Bertz CT molecular complexity index is 508. The second-order valence-corrected chi connectivity index (χ2v) is 3.32. The highest BCUT2D eigenvalue weighted by molar-refractivity contribution is 5.91. The van der Waals surface area contributed by atoms with Crippen LogP contribution in [0.2, 0.25) is 0 Å². The average Bonchev–Trinajstić information content (AvgIpc) is 2.55. The van der Waals surface area contributed by atoms with Gasteiger partial charge >= 0.3 is 0 Å². The molecule has 0 atom stereocenters. The minimum absolute atomic E-state index is 0.652. The molecular weight excluding hydrogens is 174 g/mol. The Morgan fingerprint density at radius 3 is 2.79 bits per heavy atom. The van der Waals surface area contributed by atoms with E-state index in [4.69, 9.17) is 0 Å². The molecule has 0 bridgehead atoms. The molecule has 1 aromatic carbocycles. The molecule has 2 aromatic rings. The van der Waals surface area contributed by atoms with Crippen LogP contribution >= 0.6 is 0 Å². The van der Waals surface area contributed by atoms with Gasteiger partial charge in [-0.05, 0) is 19.1 Å². The fourth-order valence-electron chi connectivity index (χ4n) is 1.69. The number of allylic oxidation sites excluding steroid dienone is 1. The quantitative estimate of drug-likeness (QED) is 0.659. The van der Waals surface area contributed by atoms with E-state index in [9.17, 15) is 4.79 Å². The number of aldehydes is 1. The standard InChI is InChI=1S/C12H11NO/c1-9(2)13-11(8-14)7-10-5-3-4-6-12(10)13/h3-8H,1H2,2H3. The van der Waals surface area contributed by atoms with Crippen LogP contribution in [0.3, 0.4) is 0 Å². The van der Waals surface area contributed by atoms with E-state index in [1.54, 1.807) is 0 Å². The third-order valence-electron chi connectivity index (χ3n) is 2.24. The van der Waals surface area contributed by atoms with Crippen LogP contribution < -0.4 is 0 Å². The summed E-state index contributed by atoms with van der Waals surface area (Å²) in [6, 6.07) is 9.76. The van der Waals surface area contributed by atoms with Crippen molar-refractivity contribution in [3.63, 3.8) is 0 Å². The van der Waals surface area contributed by atoms with E-state index in [1.165, 1.54) is 0 Å². The van der Waals surface area contributed by atoms with Crippen molar-refractivity contribution in [2.45, 2.75) is 6.92 Å². The van der Waals surface area contributed by atoms with Crippen molar-refractivity contribution in [1.82, 2.24) is 4.57 Å². The van der Waals surface area contributed by atoms with Gasteiger partial charge in [-0.15, -0.1) is 0 Å². The Morgan fingerprint density at radius 1 is 1.43 bits per heavy atom. The summed E-state index contributed by atoms with van der Waals surface area (Å²) < 4.78 is 1.86. The number of aromatic nitrogens is 1. The highest BCUT2D eigenvalue weighted by Crippen LogP contribution is 2.21. The van der Waals surface area contributed by atoms with E-state index in [0.717, 1.165) is 22.9 Å². The second-order valence-electron chi connectivity index (χ2n) is 3.32. The first-order valence-corrected chi connectivity index (χ1v) is 4.45. The highest BCUT2D eigenvalue weighted by atomic mass is 16.1. The lowest BCUT2D eigenvalue weighted by Crippen LogP contribution is -1.96. The molecule has 0 spiro atoms. The number of hydrogen-bond acceptors (Lipinski definition) is 1. The van der Waals surface area contributed by atoms with Gasteiger partial charge in [-0.1, -0.05) is 24.8 Å². The van der Waals surface area contributed by atoms with E-state index >= 15 is 0 Å². The number of para-hydroxylation sites is 1. The van der Waals surface area contributed by atoms with Crippen molar-refractivity contribution in [1.29, 1.82) is 0 Å². The van der Waals surface area contributed by atoms with Gasteiger partial charge in [-0.2, -0.15) is 0 Å². The zero-order valence-electron chi connectivity index (χ0n) is 8.03. The summed E-state index contributed by atoms with van der Waals surface area (Å²) in [6.45, 7) is 5.75. The molecule has 1 heterocycles. The molecule has 2 nitrogen and oxygen atoms in total. The maximum Gasteiger partial charge on any atom is 0.166 e. The van der Waals surface area contributed by atoms with Crippen molar-refractivity contribution in [2.75, 3.05) is 0 Å². The van der Waals surface area contributed by atoms with E-state index in [2.05, 4.69) is 6.58 Å². The molecule has 0 fully saturated rings. The van der Waals surface area contributed by atoms with E-state index in [-0.39, 0.29) is 0 Å². The van der Waals surface area contributed by atoms with Gasteiger partial charge in [0.05, 0.1) is 11.2 Å². The molecule has 14 heavy (non-hydrogen) atoms. The van der Waals surface area contributed by atoms with Gasteiger partial charge in [0, 0.05) is 11.1 Å². The summed E-state index contributed by atoms with van der Waals surface area (Å²) >= 11 is 0. The Kier molecular flexibility index (Phi) is 1.97. The van der Waals surface area contributed by atoms with Crippen LogP contribution in [0, 0.1) is 0 Å². The fourth-order valence-corrected chi connectivity index (χ4v) is 1.69. The number of fused-ring (bicyclic) bond motifs is 1. The van der Waals surface area contributed by atoms with Gasteiger partial charge in [0.25, 0.3) is 0 Å². The lowest BCUT2D eigenvalue weighted by Gasteiger charge is -2.05. The molecule has 0 aliphatic rings. The summed E-state index contributed by atoms with van der Waals surface area (Å²) in [5.41, 5.74) is 2.54. The second kappa shape index (κ2) is 3.14. The Hall–Kier alpha value is -1.83. The van der Waals surface area contributed by atoms with Crippen LogP contribution in [-0.4, -0.2) is 10.9 Å². The van der Waals surface area contributed by atoms with Crippen molar-refractivity contribution in [2.24, 2.45) is 0 Å². The molecule has 0 N–H and O–H groups in total. The predicted octanol–water partition coefficient (Wildman–Crippen LogP) is 2.94. The molecule has 0 amide bonds. The molecule has 0 radical (unpaired) electrons. The normalized spacial score (nSPS) is 10.4. The highest BCUT2D eigenvalue weighted by Gasteiger charge is 2.06. The van der Waals surface area contributed by atoms with Gasteiger partial charge in [-0.3, -0.25) is 4.79 Å². The Balaban J connectivity index is 2.87. The number of rotatable bonds is 2. The molecule has 70 valence electrons. The zero-order chi connectivity index (χ0) is 10.1. The zero-order valence-corrected chi connectivity index (χ0v) is 8.03. The Morgan fingerprint density at radius 2 is 2.14 bits per heavy atom. The third-order valence-corrected chi connectivity index (χ3v) is 2.24. The van der Waals surface area contributed by atoms with E-state index < -0.39 is 0 Å². The first kappa shape index (κ1) is 8.75. The summed E-state index contributed by atoms with van der Waals surface area (Å²) in [5, 5.41) is 1.07. The SMILES string of the molecule is C=C(C)n1c(C=O)cc2ccccc21. The summed E-state index contributed by atoms with van der Waals surface area (Å²) in [7, 11) is 0. The maximum atomic E-state index is 10.8. The van der Waals surface area contributed by atoms with Crippen molar-refractivity contribution >= 4 is 22.9 Å². The maximum absolute atomic E-state index is 10.8. The average molecular weight is 185 g/mol. The summed E-state index contributed by atoms with van der Waals surface area (Å²) in [6.07, 6.45) is 0.856. The van der Waals surface area contributed by atoms with Gasteiger partial charge < -0.3 is 4.57 Å². The summed E-state index contributed by atoms with van der Waals surface area (Å²) in [4.78, 5) is 10.8. The lowest BCUT2D eigenvalue weighted by molar-refractivity contribution is 0.111. The molecular formula is C12H11NO. The molecule has 0 saturated heterocycles. The number of carbonyl (C=O) groups excluding carboxylic acids is 1. The van der Waals surface area contributed by atoms with Gasteiger partial charge in [0.15, 0.2) is 6.29 Å². The smallest absolute Gasteiger partial charge is 0.166 e. The minimum atomic E-state index is 0.652. The van der Waals surface area contributed by atoms with Crippen LogP contribution in [0.5, 0.6) is 0 Å². The van der Waals surface area contributed by atoms with E-state index in [1.807, 2.05) is 41.8 Å². The number of hydrogen-bond donors (Lipinski definition) is 0. The molecule has 2 rings (SSSR count). The van der Waals surface area contributed by atoms with Crippen molar-refractivity contribution in [3.05, 3.63) is 42.6 Å². The van der Waals surface area contributed by atoms with Crippen molar-refractivity contribution in [3.8, 4) is 0 Å². The molecule has 0 unspecified atom stereocenters. The van der Waals surface area contributed by atoms with E-state index in [0.29, 0.717) is 5.69 Å². The van der Waals surface area contributed by atoms with Gasteiger partial charge in [0.1, 0.15) is 0 Å². The third kappa shape index (κ3) is 1.16. The van der Waals surface area contributed by atoms with Crippen molar-refractivity contribution < 1.29 is 4.79 Å². The van der Waals surface area contributed by atoms with Crippen LogP contribution in [-0.2, 0) is 0 Å². The topological polar surface area (TPSA) is 22.0 Å². The molecule has 1 aromatic heterocycles. The van der Waals surface area contributed by atoms with Crippen LogP contribution in [0.4, 0.5) is 0 Å². The molecule has 0 aliphatic heterocycles. The Labute approximate surface area is 82.5 Å². The predicted molar refractivity (Wildman–Crippen MR) is 58.3 cm³/mol. The van der Waals surface area contributed by atoms with Gasteiger partial charge in [0.2, 0.25) is 0 Å². The first-order valence-electron chi connectivity index (χ1n) is 4.45. The monoisotopic (exact) mass is 185 g/mol. The first-order chi connectivity index (χ1) is 6.74. The number of nitrogens with zero attached hydrogens (tertiary/aromatic N) is 1. The lowest BCUT2D eigenvalue weighted by atomic mass is 10.2. The number of carbonyl (C=O) groups is 1. The molecule has 0 aliphatic carbocycles. The fraction of sp³-hybridized carbons (Fsp3) is 0.0833. The number of benzene rings is 1. The minimum Gasteiger partial charge on any atom is -0.311 e. The molecule has 0 saturated carbocycles. The largest absolute Gasteiger partial charge is 0.311 e. The van der Waals surface area contributed by atoms with Crippen LogP contribution in [0.1, 0.15) is 17.4 Å². The van der Waals surface area contributed by atoms with Crippen LogP contribution in [0.25, 0.3) is 16.6 Å².